The Bertz CT molecular complexity index is 619. The van der Waals surface area contributed by atoms with Gasteiger partial charge in [-0.15, -0.1) is 0 Å². The predicted molar refractivity (Wildman–Crippen MR) is 71.7 cm³/mol. The maximum atomic E-state index is 13.9. The second-order valence-electron chi connectivity index (χ2n) is 5.28. The Balaban J connectivity index is 2.43. The fraction of sp³-hybridized carbons (Fsp3) is 0.538. The minimum Gasteiger partial charge on any atom is -0.328 e. The van der Waals surface area contributed by atoms with E-state index in [1.807, 2.05) is 0 Å². The number of aryl methyl sites for hydroxylation is 1. The Morgan fingerprint density at radius 2 is 1.95 bits per heavy atom. The highest BCUT2D eigenvalue weighted by molar-refractivity contribution is 7.89. The van der Waals surface area contributed by atoms with Crippen LogP contribution in [-0.2, 0) is 10.0 Å². The van der Waals surface area contributed by atoms with Crippen LogP contribution in [0.25, 0.3) is 0 Å². The summed E-state index contributed by atoms with van der Waals surface area (Å²) in [5.74, 6) is -1.66. The van der Waals surface area contributed by atoms with Crippen molar-refractivity contribution >= 4 is 10.0 Å². The van der Waals surface area contributed by atoms with Crippen LogP contribution in [0.15, 0.2) is 17.0 Å². The monoisotopic (exact) mass is 304 g/mol. The second kappa shape index (κ2) is 5.38. The minimum absolute atomic E-state index is 0.0592. The number of sulfonamides is 1. The van der Waals surface area contributed by atoms with E-state index in [9.17, 15) is 17.2 Å². The molecule has 0 amide bonds. The average Bonchev–Trinajstić information content (AvgIpc) is 2.33. The van der Waals surface area contributed by atoms with E-state index in [1.54, 1.807) is 6.92 Å². The average molecular weight is 304 g/mol. The zero-order valence-corrected chi connectivity index (χ0v) is 12.3. The molecule has 0 spiro atoms. The van der Waals surface area contributed by atoms with Crippen molar-refractivity contribution in [2.75, 3.05) is 6.54 Å². The molecule has 1 aromatic rings. The Morgan fingerprint density at radius 1 is 1.30 bits per heavy atom. The standard InChI is InChI=1S/C13H18F2N2O2S/c1-8-5-12(15)13(7-11(8)14)20(18,19)17-4-3-10(16)6-9(17)2/h5,7,9-10H,3-4,6,16H2,1-2H3/t9-,10-/m0/s1. The van der Waals surface area contributed by atoms with Crippen LogP contribution in [0.3, 0.4) is 0 Å². The Morgan fingerprint density at radius 3 is 2.55 bits per heavy atom. The van der Waals surface area contributed by atoms with Gasteiger partial charge in [0.05, 0.1) is 0 Å². The van der Waals surface area contributed by atoms with Gasteiger partial charge in [-0.25, -0.2) is 17.2 Å². The molecule has 0 aliphatic carbocycles. The fourth-order valence-corrected chi connectivity index (χ4v) is 4.21. The van der Waals surface area contributed by atoms with Crippen LogP contribution in [0.5, 0.6) is 0 Å². The fourth-order valence-electron chi connectivity index (χ4n) is 2.50. The first kappa shape index (κ1) is 15.3. The summed E-state index contributed by atoms with van der Waals surface area (Å²) in [4.78, 5) is -0.608. The van der Waals surface area contributed by atoms with Gasteiger partial charge in [-0.2, -0.15) is 4.31 Å². The van der Waals surface area contributed by atoms with E-state index in [-0.39, 0.29) is 24.2 Å². The molecule has 2 rings (SSSR count). The number of rotatable bonds is 2. The molecule has 1 fully saturated rings. The first-order valence-electron chi connectivity index (χ1n) is 6.46. The van der Waals surface area contributed by atoms with Crippen LogP contribution < -0.4 is 5.73 Å². The molecule has 20 heavy (non-hydrogen) atoms. The molecule has 1 aliphatic heterocycles. The molecule has 2 atom stereocenters. The summed E-state index contributed by atoms with van der Waals surface area (Å²) < 4.78 is 53.6. The summed E-state index contributed by atoms with van der Waals surface area (Å²) in [6.45, 7) is 3.33. The van der Waals surface area contributed by atoms with Gasteiger partial charge < -0.3 is 5.73 Å². The summed E-state index contributed by atoms with van der Waals surface area (Å²) >= 11 is 0. The van der Waals surface area contributed by atoms with Gasteiger partial charge >= 0.3 is 0 Å². The summed E-state index contributed by atoms with van der Waals surface area (Å²) in [5, 5.41) is 0. The summed E-state index contributed by atoms with van der Waals surface area (Å²) in [5.41, 5.74) is 5.87. The van der Waals surface area contributed by atoms with Crippen molar-refractivity contribution in [1.82, 2.24) is 4.31 Å². The molecular formula is C13H18F2N2O2S. The highest BCUT2D eigenvalue weighted by atomic mass is 32.2. The molecule has 0 radical (unpaired) electrons. The summed E-state index contributed by atoms with van der Waals surface area (Å²) in [7, 11) is -4.04. The van der Waals surface area contributed by atoms with Gasteiger partial charge in [0.25, 0.3) is 0 Å². The lowest BCUT2D eigenvalue weighted by atomic mass is 10.0. The number of nitrogens with two attached hydrogens (primary N) is 1. The second-order valence-corrected chi connectivity index (χ2v) is 7.14. The Labute approximate surface area is 117 Å². The highest BCUT2D eigenvalue weighted by Gasteiger charge is 2.35. The molecule has 0 saturated carbocycles. The zero-order chi connectivity index (χ0) is 15.1. The minimum atomic E-state index is -4.04. The third-order valence-corrected chi connectivity index (χ3v) is 5.68. The summed E-state index contributed by atoms with van der Waals surface area (Å²) in [6.07, 6.45) is 1.02. The smallest absolute Gasteiger partial charge is 0.246 e. The number of hydrogen-bond donors (Lipinski definition) is 1. The van der Waals surface area contributed by atoms with Gasteiger partial charge in [-0.05, 0) is 44.4 Å². The van der Waals surface area contributed by atoms with Crippen molar-refractivity contribution in [3.05, 3.63) is 29.3 Å². The van der Waals surface area contributed by atoms with Gasteiger partial charge in [0.1, 0.15) is 16.5 Å². The van der Waals surface area contributed by atoms with Crippen LogP contribution in [0.1, 0.15) is 25.3 Å². The lowest BCUT2D eigenvalue weighted by Gasteiger charge is -2.35. The molecule has 7 heteroatoms. The van der Waals surface area contributed by atoms with E-state index in [1.165, 1.54) is 11.2 Å². The summed E-state index contributed by atoms with van der Waals surface area (Å²) in [6, 6.07) is 1.27. The maximum Gasteiger partial charge on any atom is 0.246 e. The van der Waals surface area contributed by atoms with E-state index in [0.717, 1.165) is 12.1 Å². The van der Waals surface area contributed by atoms with E-state index in [0.29, 0.717) is 12.8 Å². The van der Waals surface area contributed by atoms with Crippen LogP contribution in [0, 0.1) is 18.6 Å². The van der Waals surface area contributed by atoms with Gasteiger partial charge in [-0.1, -0.05) is 0 Å². The third-order valence-electron chi connectivity index (χ3n) is 3.66. The molecule has 1 heterocycles. The third kappa shape index (κ3) is 2.70. The van der Waals surface area contributed by atoms with Gasteiger partial charge in [0.15, 0.2) is 0 Å². The predicted octanol–water partition coefficient (Wildman–Crippen LogP) is 1.77. The molecular weight excluding hydrogens is 286 g/mol. The molecule has 0 unspecified atom stereocenters. The quantitative estimate of drug-likeness (QED) is 0.906. The molecule has 1 aromatic carbocycles. The van der Waals surface area contributed by atoms with E-state index >= 15 is 0 Å². The first-order chi connectivity index (χ1) is 9.23. The lowest BCUT2D eigenvalue weighted by molar-refractivity contribution is 0.246. The molecule has 112 valence electrons. The SMILES string of the molecule is Cc1cc(F)c(S(=O)(=O)N2CC[C@H](N)C[C@@H]2C)cc1F. The van der Waals surface area contributed by atoms with E-state index in [2.05, 4.69) is 0 Å². The van der Waals surface area contributed by atoms with Crippen LogP contribution >= 0.6 is 0 Å². The Kier molecular flexibility index (Phi) is 4.13. The van der Waals surface area contributed by atoms with Gasteiger partial charge in [0.2, 0.25) is 10.0 Å². The normalized spacial score (nSPS) is 24.9. The number of piperidine rings is 1. The molecule has 1 saturated heterocycles. The van der Waals surface area contributed by atoms with Crippen LogP contribution in [-0.4, -0.2) is 31.4 Å². The molecule has 2 N–H and O–H groups in total. The van der Waals surface area contributed by atoms with E-state index < -0.39 is 26.6 Å². The highest BCUT2D eigenvalue weighted by Crippen LogP contribution is 2.27. The van der Waals surface area contributed by atoms with Crippen molar-refractivity contribution in [3.63, 3.8) is 0 Å². The number of nitrogens with zero attached hydrogens (tertiary/aromatic N) is 1. The molecule has 4 nitrogen and oxygen atoms in total. The number of halogens is 2. The van der Waals surface area contributed by atoms with Crippen molar-refractivity contribution in [3.8, 4) is 0 Å². The number of hydrogen-bond acceptors (Lipinski definition) is 3. The molecule has 0 bridgehead atoms. The largest absolute Gasteiger partial charge is 0.328 e. The maximum absolute atomic E-state index is 13.9. The van der Waals surface area contributed by atoms with Crippen LogP contribution in [0.2, 0.25) is 0 Å². The van der Waals surface area contributed by atoms with E-state index in [4.69, 9.17) is 5.73 Å². The van der Waals surface area contributed by atoms with Crippen LogP contribution in [0.4, 0.5) is 8.78 Å². The topological polar surface area (TPSA) is 63.4 Å². The van der Waals surface area contributed by atoms with Gasteiger partial charge in [-0.3, -0.25) is 0 Å². The van der Waals surface area contributed by atoms with Crippen molar-refractivity contribution in [2.24, 2.45) is 5.73 Å². The van der Waals surface area contributed by atoms with Crippen molar-refractivity contribution < 1.29 is 17.2 Å². The van der Waals surface area contributed by atoms with Crippen molar-refractivity contribution in [1.29, 1.82) is 0 Å². The molecule has 1 aliphatic rings. The number of benzene rings is 1. The Hall–Kier alpha value is -1.05. The lowest BCUT2D eigenvalue weighted by Crippen LogP contribution is -2.48. The van der Waals surface area contributed by atoms with Crippen molar-refractivity contribution in [2.45, 2.75) is 43.7 Å². The first-order valence-corrected chi connectivity index (χ1v) is 7.90. The molecule has 0 aromatic heterocycles. The van der Waals surface area contributed by atoms with Gasteiger partial charge in [0, 0.05) is 18.6 Å². The zero-order valence-electron chi connectivity index (χ0n) is 11.4.